The van der Waals surface area contributed by atoms with E-state index in [0.717, 1.165) is 17.7 Å². The summed E-state index contributed by atoms with van der Waals surface area (Å²) in [4.78, 5) is 11.8. The lowest BCUT2D eigenvalue weighted by Crippen LogP contribution is -2.28. The molecule has 0 radical (unpaired) electrons. The van der Waals surface area contributed by atoms with Crippen LogP contribution in [0.4, 0.5) is 8.78 Å². The Morgan fingerprint density at radius 3 is 2.52 bits per heavy atom. The molecule has 5 heteroatoms. The van der Waals surface area contributed by atoms with Crippen molar-refractivity contribution >= 4 is 5.91 Å². The van der Waals surface area contributed by atoms with Crippen molar-refractivity contribution in [1.82, 2.24) is 5.32 Å². The Bertz CT molecular complexity index is 627. The fourth-order valence-electron chi connectivity index (χ4n) is 1.72. The van der Waals surface area contributed by atoms with Crippen LogP contribution in [0.15, 0.2) is 42.5 Å². The van der Waals surface area contributed by atoms with Crippen LogP contribution in [0.1, 0.15) is 15.9 Å². The summed E-state index contributed by atoms with van der Waals surface area (Å²) in [6.07, 6.45) is 0. The highest BCUT2D eigenvalue weighted by molar-refractivity contribution is 5.94. The van der Waals surface area contributed by atoms with Crippen LogP contribution >= 0.6 is 0 Å². The second-order valence-electron chi connectivity index (χ2n) is 4.55. The van der Waals surface area contributed by atoms with Crippen LogP contribution in [0.5, 0.6) is 5.75 Å². The number of rotatable bonds is 5. The van der Waals surface area contributed by atoms with E-state index in [2.05, 4.69) is 5.32 Å². The van der Waals surface area contributed by atoms with Gasteiger partial charge in [0.2, 0.25) is 0 Å². The molecule has 0 aliphatic heterocycles. The number of aryl methyl sites for hydroxylation is 1. The van der Waals surface area contributed by atoms with Crippen LogP contribution in [0.2, 0.25) is 0 Å². The molecule has 0 fully saturated rings. The zero-order valence-electron chi connectivity index (χ0n) is 11.5. The number of amides is 1. The quantitative estimate of drug-likeness (QED) is 0.860. The first kappa shape index (κ1) is 15.0. The Labute approximate surface area is 121 Å². The Hall–Kier alpha value is -2.43. The molecule has 110 valence electrons. The summed E-state index contributed by atoms with van der Waals surface area (Å²) >= 11 is 0. The van der Waals surface area contributed by atoms with Gasteiger partial charge in [-0.25, -0.2) is 8.78 Å². The lowest BCUT2D eigenvalue weighted by Gasteiger charge is -2.08. The van der Waals surface area contributed by atoms with E-state index in [0.29, 0.717) is 5.56 Å². The first-order valence-corrected chi connectivity index (χ1v) is 6.49. The predicted octanol–water partition coefficient (Wildman–Crippen LogP) is 3.08. The highest BCUT2D eigenvalue weighted by atomic mass is 19.1. The summed E-state index contributed by atoms with van der Waals surface area (Å²) in [7, 11) is 0. The zero-order valence-corrected chi connectivity index (χ0v) is 11.5. The molecule has 2 rings (SSSR count). The van der Waals surface area contributed by atoms with Crippen molar-refractivity contribution < 1.29 is 18.3 Å². The number of halogens is 2. The highest BCUT2D eigenvalue weighted by Gasteiger charge is 2.06. The Morgan fingerprint density at radius 2 is 1.86 bits per heavy atom. The summed E-state index contributed by atoms with van der Waals surface area (Å²) in [5, 5.41) is 2.66. The summed E-state index contributed by atoms with van der Waals surface area (Å²) in [6.45, 7) is 2.26. The Morgan fingerprint density at radius 1 is 1.14 bits per heavy atom. The predicted molar refractivity (Wildman–Crippen MR) is 75.4 cm³/mol. The van der Waals surface area contributed by atoms with Gasteiger partial charge >= 0.3 is 0 Å². The van der Waals surface area contributed by atoms with E-state index in [1.54, 1.807) is 12.1 Å². The third kappa shape index (κ3) is 4.27. The van der Waals surface area contributed by atoms with Crippen LogP contribution in [0, 0.1) is 18.6 Å². The van der Waals surface area contributed by atoms with E-state index in [9.17, 15) is 13.6 Å². The van der Waals surface area contributed by atoms with Gasteiger partial charge in [-0.15, -0.1) is 0 Å². The number of hydrogen-bond acceptors (Lipinski definition) is 2. The van der Waals surface area contributed by atoms with Gasteiger partial charge in [-0.2, -0.15) is 0 Å². The van der Waals surface area contributed by atoms with E-state index in [1.807, 2.05) is 19.1 Å². The van der Waals surface area contributed by atoms with Gasteiger partial charge in [-0.05, 0) is 31.2 Å². The van der Waals surface area contributed by atoms with Gasteiger partial charge in [0.05, 0.1) is 6.54 Å². The van der Waals surface area contributed by atoms with Gasteiger partial charge in [0.15, 0.2) is 11.6 Å². The van der Waals surface area contributed by atoms with Crippen LogP contribution in [0.25, 0.3) is 0 Å². The number of carbonyl (C=O) groups is 1. The minimum absolute atomic E-state index is 0.0408. The molecule has 2 aromatic rings. The van der Waals surface area contributed by atoms with Gasteiger partial charge < -0.3 is 10.1 Å². The molecule has 0 spiro atoms. The average Bonchev–Trinajstić information content (AvgIpc) is 2.46. The number of ether oxygens (including phenoxy) is 1. The first-order valence-electron chi connectivity index (χ1n) is 6.49. The van der Waals surface area contributed by atoms with Gasteiger partial charge in [-0.3, -0.25) is 4.79 Å². The second-order valence-corrected chi connectivity index (χ2v) is 4.55. The minimum Gasteiger partial charge on any atom is -0.489 e. The molecule has 1 N–H and O–H groups in total. The standard InChI is InChI=1S/C16H15F2NO2/c1-11-2-4-12(5-3-11)16(20)19-8-9-21-15-7-6-13(17)10-14(15)18/h2-7,10H,8-9H2,1H3,(H,19,20). The monoisotopic (exact) mass is 291 g/mol. The van der Waals surface area contributed by atoms with Crippen LogP contribution < -0.4 is 10.1 Å². The summed E-state index contributed by atoms with van der Waals surface area (Å²) in [5.74, 6) is -1.69. The van der Waals surface area contributed by atoms with Crippen molar-refractivity contribution in [2.45, 2.75) is 6.92 Å². The van der Waals surface area contributed by atoms with Crippen molar-refractivity contribution in [2.75, 3.05) is 13.2 Å². The Kier molecular flexibility index (Phi) is 4.87. The van der Waals surface area contributed by atoms with Crippen molar-refractivity contribution in [2.24, 2.45) is 0 Å². The number of nitrogens with one attached hydrogen (secondary N) is 1. The second kappa shape index (κ2) is 6.83. The molecule has 0 bridgehead atoms. The molecule has 0 aliphatic rings. The molecule has 21 heavy (non-hydrogen) atoms. The number of carbonyl (C=O) groups excluding carboxylic acids is 1. The summed E-state index contributed by atoms with van der Waals surface area (Å²) in [5.41, 5.74) is 1.62. The molecule has 0 heterocycles. The highest BCUT2D eigenvalue weighted by Crippen LogP contribution is 2.17. The van der Waals surface area contributed by atoms with Crippen molar-refractivity contribution in [1.29, 1.82) is 0 Å². The molecule has 0 atom stereocenters. The molecule has 0 aliphatic carbocycles. The molecule has 2 aromatic carbocycles. The summed E-state index contributed by atoms with van der Waals surface area (Å²) < 4.78 is 31.1. The fourth-order valence-corrected chi connectivity index (χ4v) is 1.72. The van der Waals surface area contributed by atoms with Crippen molar-refractivity contribution in [3.05, 3.63) is 65.2 Å². The van der Waals surface area contributed by atoms with Gasteiger partial charge in [-0.1, -0.05) is 17.7 Å². The van der Waals surface area contributed by atoms with Gasteiger partial charge in [0.1, 0.15) is 12.4 Å². The largest absolute Gasteiger partial charge is 0.489 e. The molecule has 1 amide bonds. The maximum Gasteiger partial charge on any atom is 0.251 e. The SMILES string of the molecule is Cc1ccc(C(=O)NCCOc2ccc(F)cc2F)cc1. The zero-order chi connectivity index (χ0) is 15.2. The third-order valence-corrected chi connectivity index (χ3v) is 2.85. The molecular weight excluding hydrogens is 276 g/mol. The lowest BCUT2D eigenvalue weighted by atomic mass is 10.1. The van der Waals surface area contributed by atoms with E-state index in [-0.39, 0.29) is 24.8 Å². The molecule has 0 unspecified atom stereocenters. The number of hydrogen-bond donors (Lipinski definition) is 1. The van der Waals surface area contributed by atoms with Gasteiger partial charge in [0.25, 0.3) is 5.91 Å². The van der Waals surface area contributed by atoms with E-state index in [4.69, 9.17) is 4.74 Å². The fraction of sp³-hybridized carbons (Fsp3) is 0.188. The molecule has 3 nitrogen and oxygen atoms in total. The lowest BCUT2D eigenvalue weighted by molar-refractivity contribution is 0.0946. The van der Waals surface area contributed by atoms with E-state index in [1.165, 1.54) is 6.07 Å². The molecule has 0 saturated heterocycles. The topological polar surface area (TPSA) is 38.3 Å². The maximum absolute atomic E-state index is 13.3. The molecular formula is C16H15F2NO2. The first-order chi connectivity index (χ1) is 10.1. The third-order valence-electron chi connectivity index (χ3n) is 2.85. The van der Waals surface area contributed by atoms with Crippen LogP contribution in [0.3, 0.4) is 0 Å². The van der Waals surface area contributed by atoms with E-state index < -0.39 is 11.6 Å². The van der Waals surface area contributed by atoms with Crippen molar-refractivity contribution in [3.63, 3.8) is 0 Å². The number of benzene rings is 2. The maximum atomic E-state index is 13.3. The Balaban J connectivity index is 1.79. The molecule has 0 saturated carbocycles. The summed E-state index contributed by atoms with van der Waals surface area (Å²) in [6, 6.07) is 10.2. The van der Waals surface area contributed by atoms with Crippen LogP contribution in [-0.4, -0.2) is 19.1 Å². The minimum atomic E-state index is -0.764. The normalized spacial score (nSPS) is 10.2. The van der Waals surface area contributed by atoms with Gasteiger partial charge in [0, 0.05) is 11.6 Å². The van der Waals surface area contributed by atoms with E-state index >= 15 is 0 Å². The van der Waals surface area contributed by atoms with Crippen LogP contribution in [-0.2, 0) is 0 Å². The average molecular weight is 291 g/mol. The smallest absolute Gasteiger partial charge is 0.251 e. The van der Waals surface area contributed by atoms with Crippen molar-refractivity contribution in [3.8, 4) is 5.75 Å². The molecule has 0 aromatic heterocycles.